The van der Waals surface area contributed by atoms with Gasteiger partial charge in [0.2, 0.25) is 0 Å². The molecule has 4 aromatic carbocycles. The Labute approximate surface area is 421 Å². The van der Waals surface area contributed by atoms with Gasteiger partial charge in [-0.05, 0) is 118 Å². The van der Waals surface area contributed by atoms with E-state index in [1.807, 2.05) is 107 Å². The number of rotatable bonds is 30. The van der Waals surface area contributed by atoms with Crippen molar-refractivity contribution in [3.05, 3.63) is 121 Å². The van der Waals surface area contributed by atoms with Gasteiger partial charge in [-0.25, -0.2) is 0 Å². The van der Waals surface area contributed by atoms with Crippen LogP contribution in [0.3, 0.4) is 0 Å². The van der Waals surface area contributed by atoms with Gasteiger partial charge in [-0.2, -0.15) is 0 Å². The Morgan fingerprint density at radius 2 is 0.729 bits per heavy atom. The van der Waals surface area contributed by atoms with Crippen molar-refractivity contribution in [3.8, 4) is 46.0 Å². The molecule has 4 aromatic rings. The SMILES string of the molecule is C=Cc1ccc(OCOC)c(OC(C)(C)C)c1.C=Cc1ccc(OCOC)c(OC(C)C)c1.C=Cc1ccc(OCOC)c(OCCCCC)c1.C=Cc1ccc(OCOC)c(OCCCCCC)c1. The lowest BCUT2D eigenvalue weighted by atomic mass is 10.1. The summed E-state index contributed by atoms with van der Waals surface area (Å²) in [5, 5.41) is 0. The standard InChI is InChI=1S/C16H24O3.C15H22O3.C14H20O3.C13H18O3/c1-4-6-7-8-11-18-16-12-14(5-2)9-10-15(16)19-13-17-3;1-4-6-7-10-17-15-11-13(5-2)8-9-14(15)18-12-16-3;1-6-11-7-8-12(16-10-15-5)13(9-11)17-14(2,3)4;1-5-11-6-7-12(15-9-14-4)13(8-11)16-10(2)3/h5,9-10,12H,2,4,6-8,11,13H2,1,3H3;5,8-9,11H,2,4,6-7,10,12H2,1,3H3;6-9H,1,10H2,2-5H3;5-8,10H,1,9H2,2-4H3. The molecule has 0 aliphatic carbocycles. The van der Waals surface area contributed by atoms with Crippen molar-refractivity contribution in [2.24, 2.45) is 0 Å². The molecule has 0 radical (unpaired) electrons. The fourth-order valence-electron chi connectivity index (χ4n) is 5.80. The van der Waals surface area contributed by atoms with E-state index in [0.29, 0.717) is 47.7 Å². The summed E-state index contributed by atoms with van der Waals surface area (Å²) in [4.78, 5) is 0. The molecule has 0 aliphatic heterocycles. The van der Waals surface area contributed by atoms with Crippen LogP contribution in [-0.2, 0) is 18.9 Å². The number of methoxy groups -OCH3 is 4. The molecular formula is C58H84O12. The van der Waals surface area contributed by atoms with Crippen LogP contribution >= 0.6 is 0 Å². The van der Waals surface area contributed by atoms with Gasteiger partial charge in [0.1, 0.15) is 5.60 Å². The van der Waals surface area contributed by atoms with Gasteiger partial charge in [-0.15, -0.1) is 0 Å². The third-order valence-corrected chi connectivity index (χ3v) is 9.18. The van der Waals surface area contributed by atoms with E-state index in [-0.39, 0.29) is 38.9 Å². The fraction of sp³-hybridized carbons (Fsp3) is 0.448. The van der Waals surface area contributed by atoms with E-state index in [4.69, 9.17) is 56.8 Å². The molecule has 0 bridgehead atoms. The first-order chi connectivity index (χ1) is 33.8. The lowest BCUT2D eigenvalue weighted by Crippen LogP contribution is -2.23. The Morgan fingerprint density at radius 1 is 0.414 bits per heavy atom. The van der Waals surface area contributed by atoms with E-state index >= 15 is 0 Å². The monoisotopic (exact) mass is 973 g/mol. The first-order valence-corrected chi connectivity index (χ1v) is 23.9. The molecule has 0 aromatic heterocycles. The molecule has 12 nitrogen and oxygen atoms in total. The Hall–Kier alpha value is -5.92. The second-order valence-electron chi connectivity index (χ2n) is 16.7. The minimum atomic E-state index is -0.273. The van der Waals surface area contributed by atoms with Crippen LogP contribution in [0.4, 0.5) is 0 Å². The lowest BCUT2D eigenvalue weighted by molar-refractivity contribution is 0.0440. The van der Waals surface area contributed by atoms with Crippen LogP contribution in [0.15, 0.2) is 99.1 Å². The van der Waals surface area contributed by atoms with Crippen molar-refractivity contribution in [2.75, 3.05) is 68.8 Å². The molecule has 0 heterocycles. The van der Waals surface area contributed by atoms with Crippen LogP contribution in [0, 0.1) is 0 Å². The Bertz CT molecular complexity index is 2040. The van der Waals surface area contributed by atoms with E-state index in [1.54, 1.807) is 52.7 Å². The number of benzene rings is 4. The van der Waals surface area contributed by atoms with Crippen LogP contribution in [0.1, 0.15) is 116 Å². The zero-order chi connectivity index (χ0) is 52.0. The predicted molar refractivity (Wildman–Crippen MR) is 287 cm³/mol. The molecule has 0 aliphatic rings. The van der Waals surface area contributed by atoms with Crippen molar-refractivity contribution in [2.45, 2.75) is 105 Å². The quantitative estimate of drug-likeness (QED) is 0.0366. The van der Waals surface area contributed by atoms with Crippen LogP contribution in [0.2, 0.25) is 0 Å². The molecule has 0 unspecified atom stereocenters. The van der Waals surface area contributed by atoms with Gasteiger partial charge in [0.25, 0.3) is 0 Å². The Kier molecular flexibility index (Phi) is 33.6. The highest BCUT2D eigenvalue weighted by Gasteiger charge is 2.16. The van der Waals surface area contributed by atoms with Gasteiger partial charge in [-0.1, -0.05) is 121 Å². The van der Waals surface area contributed by atoms with Gasteiger partial charge in [0.15, 0.2) is 73.2 Å². The number of hydrogen-bond acceptors (Lipinski definition) is 12. The van der Waals surface area contributed by atoms with E-state index in [2.05, 4.69) is 40.2 Å². The molecule has 70 heavy (non-hydrogen) atoms. The average Bonchev–Trinajstić information content (AvgIpc) is 3.35. The Morgan fingerprint density at radius 3 is 1.06 bits per heavy atom. The van der Waals surface area contributed by atoms with Crippen LogP contribution in [-0.4, -0.2) is 80.5 Å². The van der Waals surface area contributed by atoms with Crippen molar-refractivity contribution in [1.82, 2.24) is 0 Å². The molecule has 0 atom stereocenters. The second-order valence-corrected chi connectivity index (χ2v) is 16.7. The summed E-state index contributed by atoms with van der Waals surface area (Å²) >= 11 is 0. The minimum absolute atomic E-state index is 0.102. The van der Waals surface area contributed by atoms with Crippen molar-refractivity contribution < 1.29 is 56.8 Å². The van der Waals surface area contributed by atoms with Gasteiger partial charge in [0, 0.05) is 28.4 Å². The van der Waals surface area contributed by atoms with E-state index < -0.39 is 0 Å². The lowest BCUT2D eigenvalue weighted by Gasteiger charge is -2.23. The van der Waals surface area contributed by atoms with E-state index in [9.17, 15) is 0 Å². The van der Waals surface area contributed by atoms with Gasteiger partial charge >= 0.3 is 0 Å². The number of ether oxygens (including phenoxy) is 12. The van der Waals surface area contributed by atoms with Crippen LogP contribution in [0.5, 0.6) is 46.0 Å². The highest BCUT2D eigenvalue weighted by atomic mass is 16.7. The maximum atomic E-state index is 5.84. The zero-order valence-electron chi connectivity index (χ0n) is 44.2. The van der Waals surface area contributed by atoms with Gasteiger partial charge in [0.05, 0.1) is 19.3 Å². The highest BCUT2D eigenvalue weighted by Crippen LogP contribution is 2.33. The number of unbranched alkanes of at least 4 members (excludes halogenated alkanes) is 5. The topological polar surface area (TPSA) is 111 Å². The smallest absolute Gasteiger partial charge is 0.188 e. The third-order valence-electron chi connectivity index (χ3n) is 9.18. The minimum Gasteiger partial charge on any atom is -0.490 e. The first-order valence-electron chi connectivity index (χ1n) is 23.9. The van der Waals surface area contributed by atoms with Crippen LogP contribution < -0.4 is 37.9 Å². The second kappa shape index (κ2) is 37.9. The third kappa shape index (κ3) is 27.3. The van der Waals surface area contributed by atoms with Gasteiger partial charge < -0.3 is 56.8 Å². The van der Waals surface area contributed by atoms with E-state index in [0.717, 1.165) is 46.6 Å². The van der Waals surface area contributed by atoms with E-state index in [1.165, 1.54) is 32.1 Å². The summed E-state index contributed by atoms with van der Waals surface area (Å²) in [6.07, 6.45) is 15.4. The maximum Gasteiger partial charge on any atom is 0.188 e. The van der Waals surface area contributed by atoms with Crippen molar-refractivity contribution in [1.29, 1.82) is 0 Å². The molecule has 0 fully saturated rings. The summed E-state index contributed by atoms with van der Waals surface area (Å²) in [5.74, 6) is 5.69. The summed E-state index contributed by atoms with van der Waals surface area (Å²) < 4.78 is 64.4. The summed E-state index contributed by atoms with van der Waals surface area (Å²) in [6.45, 7) is 31.5. The summed E-state index contributed by atoms with van der Waals surface area (Å²) in [7, 11) is 6.37. The molecule has 388 valence electrons. The molecule has 0 saturated carbocycles. The van der Waals surface area contributed by atoms with Gasteiger partial charge in [-0.3, -0.25) is 0 Å². The molecule has 4 rings (SSSR count). The molecule has 0 amide bonds. The molecule has 12 heteroatoms. The number of hydrogen-bond donors (Lipinski definition) is 0. The van der Waals surface area contributed by atoms with Crippen molar-refractivity contribution >= 4 is 24.3 Å². The molecule has 0 saturated heterocycles. The Balaban J connectivity index is 0.000000468. The molecular weight excluding hydrogens is 889 g/mol. The normalized spacial score (nSPS) is 10.4. The predicted octanol–water partition coefficient (Wildman–Crippen LogP) is 14.7. The summed E-state index contributed by atoms with van der Waals surface area (Å²) in [5.41, 5.74) is 3.76. The zero-order valence-corrected chi connectivity index (χ0v) is 44.2. The van der Waals surface area contributed by atoms with Crippen molar-refractivity contribution in [3.63, 3.8) is 0 Å². The highest BCUT2D eigenvalue weighted by molar-refractivity contribution is 5.57. The summed E-state index contributed by atoms with van der Waals surface area (Å²) in [6, 6.07) is 22.9. The first kappa shape index (κ1) is 62.1. The fourth-order valence-corrected chi connectivity index (χ4v) is 5.80. The molecule has 0 N–H and O–H groups in total. The largest absolute Gasteiger partial charge is 0.490 e. The maximum absolute atomic E-state index is 5.84. The molecule has 0 spiro atoms. The van der Waals surface area contributed by atoms with Crippen LogP contribution in [0.25, 0.3) is 24.3 Å². The average molecular weight is 973 g/mol.